The lowest BCUT2D eigenvalue weighted by Crippen LogP contribution is -2.15. The zero-order valence-corrected chi connectivity index (χ0v) is 14.2. The molecule has 2 aliphatic rings. The summed E-state index contributed by atoms with van der Waals surface area (Å²) in [5.74, 6) is 0.449. The molecule has 0 atom stereocenters. The van der Waals surface area contributed by atoms with Gasteiger partial charge in [0.05, 0.1) is 5.56 Å². The van der Waals surface area contributed by atoms with Crippen molar-refractivity contribution in [3.8, 4) is 11.1 Å². The van der Waals surface area contributed by atoms with E-state index in [0.29, 0.717) is 5.56 Å². The highest BCUT2D eigenvalue weighted by molar-refractivity contribution is 6.03. The number of anilines is 2. The predicted octanol–water partition coefficient (Wildman–Crippen LogP) is 3.05. The molecule has 0 radical (unpaired) electrons. The standard InChI is InChI=1S/C19H21N5O/c1-24-7-6-13-8-12(4-5-16(13)24)14-9-15(17(20)23-10-14)19(22)25-18(21)11-2-3-11/h4-5,8-11,21-22H,2-3,6-7H2,1H3,(H2,20,23). The van der Waals surface area contributed by atoms with Crippen molar-refractivity contribution in [2.75, 3.05) is 24.2 Å². The summed E-state index contributed by atoms with van der Waals surface area (Å²) in [5, 5.41) is 16.0. The van der Waals surface area contributed by atoms with E-state index < -0.39 is 0 Å². The first-order valence-corrected chi connectivity index (χ1v) is 8.48. The van der Waals surface area contributed by atoms with Gasteiger partial charge in [0.15, 0.2) is 5.90 Å². The van der Waals surface area contributed by atoms with Crippen LogP contribution in [0.3, 0.4) is 0 Å². The number of hydrogen-bond acceptors (Lipinski definition) is 6. The number of ether oxygens (including phenoxy) is 1. The summed E-state index contributed by atoms with van der Waals surface area (Å²) in [5.41, 5.74) is 10.9. The van der Waals surface area contributed by atoms with Crippen LogP contribution in [0.2, 0.25) is 0 Å². The number of nitrogens with two attached hydrogens (primary N) is 1. The van der Waals surface area contributed by atoms with Gasteiger partial charge in [0.25, 0.3) is 0 Å². The first-order chi connectivity index (χ1) is 12.0. The Morgan fingerprint density at radius 2 is 2.04 bits per heavy atom. The SMILES string of the molecule is CN1CCc2cc(-c3cnc(N)c(C(=N)OC(=N)C4CC4)c3)ccc21. The lowest BCUT2D eigenvalue weighted by atomic mass is 10.0. The normalized spacial score (nSPS) is 15.8. The van der Waals surface area contributed by atoms with Crippen LogP contribution < -0.4 is 10.6 Å². The molecule has 6 nitrogen and oxygen atoms in total. The van der Waals surface area contributed by atoms with Gasteiger partial charge in [0.1, 0.15) is 5.82 Å². The fourth-order valence-corrected chi connectivity index (χ4v) is 3.16. The molecule has 6 heteroatoms. The molecule has 0 amide bonds. The van der Waals surface area contributed by atoms with Gasteiger partial charge in [-0.1, -0.05) is 6.07 Å². The van der Waals surface area contributed by atoms with Crippen LogP contribution in [-0.4, -0.2) is 30.4 Å². The van der Waals surface area contributed by atoms with Gasteiger partial charge in [0.2, 0.25) is 5.90 Å². The molecule has 4 N–H and O–H groups in total. The van der Waals surface area contributed by atoms with Crippen LogP contribution >= 0.6 is 0 Å². The molecule has 0 spiro atoms. The zero-order chi connectivity index (χ0) is 17.6. The molecule has 4 rings (SSSR count). The van der Waals surface area contributed by atoms with Gasteiger partial charge in [-0.05, 0) is 48.6 Å². The number of benzene rings is 1. The molecule has 1 aliphatic carbocycles. The third kappa shape index (κ3) is 2.95. The van der Waals surface area contributed by atoms with Gasteiger partial charge in [-0.3, -0.25) is 10.8 Å². The zero-order valence-electron chi connectivity index (χ0n) is 14.2. The maximum absolute atomic E-state index is 8.14. The molecule has 1 fully saturated rings. The lowest BCUT2D eigenvalue weighted by molar-refractivity contribution is 0.512. The Morgan fingerprint density at radius 1 is 1.24 bits per heavy atom. The maximum atomic E-state index is 8.14. The molecule has 2 heterocycles. The third-order valence-electron chi connectivity index (χ3n) is 4.86. The average Bonchev–Trinajstić information content (AvgIpc) is 3.39. The summed E-state index contributed by atoms with van der Waals surface area (Å²) in [7, 11) is 2.10. The minimum absolute atomic E-state index is 0.107. The van der Waals surface area contributed by atoms with Crippen LogP contribution in [0, 0.1) is 16.7 Å². The number of pyridine rings is 1. The van der Waals surface area contributed by atoms with Crippen molar-refractivity contribution in [3.05, 3.63) is 41.6 Å². The number of rotatable bonds is 3. The van der Waals surface area contributed by atoms with Crippen LogP contribution in [0.25, 0.3) is 11.1 Å². The molecule has 1 aromatic heterocycles. The van der Waals surface area contributed by atoms with E-state index in [1.807, 2.05) is 6.07 Å². The second-order valence-electron chi connectivity index (χ2n) is 6.74. The largest absolute Gasteiger partial charge is 0.425 e. The van der Waals surface area contributed by atoms with Gasteiger partial charge in [-0.15, -0.1) is 0 Å². The van der Waals surface area contributed by atoms with Crippen molar-refractivity contribution in [2.24, 2.45) is 5.92 Å². The van der Waals surface area contributed by atoms with Crippen LogP contribution in [0.5, 0.6) is 0 Å². The van der Waals surface area contributed by atoms with Crippen LogP contribution in [-0.2, 0) is 11.2 Å². The molecule has 1 aliphatic heterocycles. The van der Waals surface area contributed by atoms with E-state index in [2.05, 4.69) is 35.1 Å². The Balaban J connectivity index is 1.63. The number of nitrogen functional groups attached to an aromatic ring is 1. The summed E-state index contributed by atoms with van der Waals surface area (Å²) in [6.07, 6.45) is 4.68. The van der Waals surface area contributed by atoms with Crippen molar-refractivity contribution in [3.63, 3.8) is 0 Å². The smallest absolute Gasteiger partial charge is 0.224 e. The molecule has 25 heavy (non-hydrogen) atoms. The summed E-state index contributed by atoms with van der Waals surface area (Å²) in [4.78, 5) is 6.48. The fourth-order valence-electron chi connectivity index (χ4n) is 3.16. The molecule has 2 aromatic rings. The summed E-state index contributed by atoms with van der Waals surface area (Å²) in [6, 6.07) is 8.18. The number of nitrogens with one attached hydrogen (secondary N) is 2. The molecular weight excluding hydrogens is 314 g/mol. The van der Waals surface area contributed by atoms with Gasteiger partial charge in [0, 0.05) is 37.0 Å². The molecule has 0 saturated heterocycles. The van der Waals surface area contributed by atoms with Crippen molar-refractivity contribution in [2.45, 2.75) is 19.3 Å². The second-order valence-corrected chi connectivity index (χ2v) is 6.74. The van der Waals surface area contributed by atoms with Crippen LogP contribution in [0.15, 0.2) is 30.5 Å². The van der Waals surface area contributed by atoms with Crippen molar-refractivity contribution in [1.82, 2.24) is 4.98 Å². The van der Waals surface area contributed by atoms with Crippen molar-refractivity contribution >= 4 is 23.3 Å². The minimum atomic E-state index is -0.107. The molecule has 1 saturated carbocycles. The van der Waals surface area contributed by atoms with E-state index in [0.717, 1.165) is 36.9 Å². The highest BCUT2D eigenvalue weighted by Crippen LogP contribution is 2.33. The Labute approximate surface area is 146 Å². The summed E-state index contributed by atoms with van der Waals surface area (Å²) in [6.45, 7) is 1.03. The Kier molecular flexibility index (Phi) is 3.67. The van der Waals surface area contributed by atoms with Crippen LogP contribution in [0.1, 0.15) is 24.0 Å². The highest BCUT2D eigenvalue weighted by Gasteiger charge is 2.29. The quantitative estimate of drug-likeness (QED) is 0.593. The van der Waals surface area contributed by atoms with Crippen molar-refractivity contribution < 1.29 is 4.74 Å². The van der Waals surface area contributed by atoms with E-state index in [1.165, 1.54) is 11.3 Å². The van der Waals surface area contributed by atoms with E-state index >= 15 is 0 Å². The van der Waals surface area contributed by atoms with E-state index in [9.17, 15) is 0 Å². The van der Waals surface area contributed by atoms with Gasteiger partial charge in [-0.2, -0.15) is 0 Å². The number of hydrogen-bond donors (Lipinski definition) is 3. The lowest BCUT2D eigenvalue weighted by Gasteiger charge is -2.13. The monoisotopic (exact) mass is 335 g/mol. The van der Waals surface area contributed by atoms with E-state index in [1.54, 1.807) is 6.20 Å². The molecule has 0 unspecified atom stereocenters. The van der Waals surface area contributed by atoms with Gasteiger partial charge < -0.3 is 15.4 Å². The Hall–Kier alpha value is -2.89. The first kappa shape index (κ1) is 15.6. The number of aromatic nitrogens is 1. The second kappa shape index (κ2) is 5.88. The summed E-state index contributed by atoms with van der Waals surface area (Å²) >= 11 is 0. The molecular formula is C19H21N5O. The fraction of sp³-hybridized carbons (Fsp3) is 0.316. The number of fused-ring (bicyclic) bond motifs is 1. The van der Waals surface area contributed by atoms with Crippen molar-refractivity contribution in [1.29, 1.82) is 10.8 Å². The molecule has 0 bridgehead atoms. The Morgan fingerprint density at radius 3 is 2.80 bits per heavy atom. The summed E-state index contributed by atoms with van der Waals surface area (Å²) < 4.78 is 5.36. The Bertz CT molecular complexity index is 872. The van der Waals surface area contributed by atoms with E-state index in [-0.39, 0.29) is 23.5 Å². The van der Waals surface area contributed by atoms with E-state index in [4.69, 9.17) is 21.3 Å². The predicted molar refractivity (Wildman–Crippen MR) is 99.4 cm³/mol. The molecule has 128 valence electrons. The van der Waals surface area contributed by atoms with Gasteiger partial charge >= 0.3 is 0 Å². The number of nitrogens with zero attached hydrogens (tertiary/aromatic N) is 2. The highest BCUT2D eigenvalue weighted by atomic mass is 16.5. The van der Waals surface area contributed by atoms with Gasteiger partial charge in [-0.25, -0.2) is 4.98 Å². The first-order valence-electron chi connectivity index (χ1n) is 8.48. The maximum Gasteiger partial charge on any atom is 0.224 e. The topological polar surface area (TPSA) is 99.1 Å². The third-order valence-corrected chi connectivity index (χ3v) is 4.86. The number of likely N-dealkylation sites (N-methyl/N-ethyl adjacent to an activating group) is 1. The minimum Gasteiger partial charge on any atom is -0.425 e. The average molecular weight is 335 g/mol. The molecule has 1 aromatic carbocycles. The van der Waals surface area contributed by atoms with Crippen LogP contribution in [0.4, 0.5) is 11.5 Å².